The first kappa shape index (κ1) is 18.9. The number of alkyl halides is 3. The van der Waals surface area contributed by atoms with Gasteiger partial charge in [0.1, 0.15) is 5.82 Å². The Morgan fingerprint density at radius 2 is 1.81 bits per heavy atom. The molecule has 2 aromatic carbocycles. The molecule has 3 rings (SSSR count). The summed E-state index contributed by atoms with van der Waals surface area (Å²) in [5, 5.41) is 2.75. The summed E-state index contributed by atoms with van der Waals surface area (Å²) < 4.78 is 39.9. The maximum absolute atomic E-state index is 12.6. The molecule has 1 heterocycles. The maximum atomic E-state index is 12.6. The average Bonchev–Trinajstić information content (AvgIpc) is 2.99. The van der Waals surface area contributed by atoms with Crippen LogP contribution in [0.4, 0.5) is 13.2 Å². The number of carbonyl (C=O) groups excluding carboxylic acids is 1. The van der Waals surface area contributed by atoms with E-state index in [0.29, 0.717) is 13.0 Å². The van der Waals surface area contributed by atoms with Crippen molar-refractivity contribution in [1.29, 1.82) is 0 Å². The molecule has 0 aliphatic rings. The number of nitrogens with one attached hydrogen (secondary N) is 1. The van der Waals surface area contributed by atoms with Gasteiger partial charge >= 0.3 is 6.18 Å². The molecule has 1 aromatic heterocycles. The highest BCUT2D eigenvalue weighted by molar-refractivity contribution is 5.94. The number of fused-ring (bicyclic) bond motifs is 1. The average molecular weight is 375 g/mol. The second-order valence-corrected chi connectivity index (χ2v) is 6.25. The van der Waals surface area contributed by atoms with Gasteiger partial charge in [-0.2, -0.15) is 13.2 Å². The Morgan fingerprint density at radius 3 is 2.48 bits per heavy atom. The Bertz CT molecular complexity index is 930. The van der Waals surface area contributed by atoms with Gasteiger partial charge in [0, 0.05) is 25.1 Å². The molecule has 4 nitrogen and oxygen atoms in total. The van der Waals surface area contributed by atoms with Gasteiger partial charge in [0.15, 0.2) is 0 Å². The van der Waals surface area contributed by atoms with Crippen molar-refractivity contribution in [2.24, 2.45) is 0 Å². The number of carbonyl (C=O) groups is 1. The number of para-hydroxylation sites is 2. The summed E-state index contributed by atoms with van der Waals surface area (Å²) in [6, 6.07) is 12.1. The fourth-order valence-electron chi connectivity index (χ4n) is 2.99. The highest BCUT2D eigenvalue weighted by Crippen LogP contribution is 2.29. The third-order valence-corrected chi connectivity index (χ3v) is 4.29. The number of imidazole rings is 1. The van der Waals surface area contributed by atoms with E-state index in [1.54, 1.807) is 0 Å². The topological polar surface area (TPSA) is 46.9 Å². The first-order valence-corrected chi connectivity index (χ1v) is 8.79. The molecule has 0 radical (unpaired) electrons. The summed E-state index contributed by atoms with van der Waals surface area (Å²) in [4.78, 5) is 16.8. The largest absolute Gasteiger partial charge is 0.416 e. The first-order valence-electron chi connectivity index (χ1n) is 8.79. The standard InChI is InChI=1S/C20H20F3N3O/c1-2-13-26-17-6-4-3-5-16(17)25-18(26)11-12-24-19(27)14-7-9-15(10-8-14)20(21,22)23/h3-10H,2,11-13H2,1H3,(H,24,27). The van der Waals surface area contributed by atoms with E-state index in [2.05, 4.69) is 21.8 Å². The second kappa shape index (κ2) is 7.82. The van der Waals surface area contributed by atoms with Gasteiger partial charge < -0.3 is 9.88 Å². The molecule has 0 unspecified atom stereocenters. The van der Waals surface area contributed by atoms with Gasteiger partial charge in [-0.3, -0.25) is 4.79 Å². The summed E-state index contributed by atoms with van der Waals surface area (Å²) in [6.07, 6.45) is -2.90. The number of halogens is 3. The predicted octanol–water partition coefficient (Wildman–Crippen LogP) is 4.44. The highest BCUT2D eigenvalue weighted by Gasteiger charge is 2.30. The summed E-state index contributed by atoms with van der Waals surface area (Å²) >= 11 is 0. The van der Waals surface area contributed by atoms with Crippen LogP contribution >= 0.6 is 0 Å². The maximum Gasteiger partial charge on any atom is 0.416 e. The lowest BCUT2D eigenvalue weighted by Crippen LogP contribution is -2.26. The Morgan fingerprint density at radius 1 is 1.11 bits per heavy atom. The lowest BCUT2D eigenvalue weighted by molar-refractivity contribution is -0.137. The number of hydrogen-bond acceptors (Lipinski definition) is 2. The van der Waals surface area contributed by atoms with E-state index in [-0.39, 0.29) is 5.56 Å². The van der Waals surface area contributed by atoms with E-state index >= 15 is 0 Å². The number of aromatic nitrogens is 2. The minimum absolute atomic E-state index is 0.199. The minimum Gasteiger partial charge on any atom is -0.352 e. The van der Waals surface area contributed by atoms with Crippen LogP contribution < -0.4 is 5.32 Å². The highest BCUT2D eigenvalue weighted by atomic mass is 19.4. The van der Waals surface area contributed by atoms with E-state index < -0.39 is 17.6 Å². The van der Waals surface area contributed by atoms with Gasteiger partial charge in [0.05, 0.1) is 16.6 Å². The predicted molar refractivity (Wildman–Crippen MR) is 97.5 cm³/mol. The fraction of sp³-hybridized carbons (Fsp3) is 0.300. The third-order valence-electron chi connectivity index (χ3n) is 4.29. The lowest BCUT2D eigenvalue weighted by atomic mass is 10.1. The molecule has 1 amide bonds. The van der Waals surface area contributed by atoms with Crippen LogP contribution in [0.5, 0.6) is 0 Å². The molecular weight excluding hydrogens is 355 g/mol. The Labute approximate surface area is 155 Å². The molecule has 0 aliphatic heterocycles. The molecule has 7 heteroatoms. The zero-order chi connectivity index (χ0) is 19.4. The van der Waals surface area contributed by atoms with Crippen LogP contribution in [0.3, 0.4) is 0 Å². The molecule has 27 heavy (non-hydrogen) atoms. The van der Waals surface area contributed by atoms with E-state index in [4.69, 9.17) is 0 Å². The molecular formula is C20H20F3N3O. The van der Waals surface area contributed by atoms with Crippen molar-refractivity contribution >= 4 is 16.9 Å². The summed E-state index contributed by atoms with van der Waals surface area (Å²) in [7, 11) is 0. The smallest absolute Gasteiger partial charge is 0.352 e. The number of hydrogen-bond donors (Lipinski definition) is 1. The van der Waals surface area contributed by atoms with Gasteiger partial charge in [0.25, 0.3) is 5.91 Å². The SMILES string of the molecule is CCCn1c(CCNC(=O)c2ccc(C(F)(F)F)cc2)nc2ccccc21. The number of aryl methyl sites for hydroxylation is 1. The number of nitrogens with zero attached hydrogens (tertiary/aromatic N) is 2. The zero-order valence-corrected chi connectivity index (χ0v) is 14.9. The lowest BCUT2D eigenvalue weighted by Gasteiger charge is -2.10. The number of benzene rings is 2. The molecule has 3 aromatic rings. The third kappa shape index (κ3) is 4.30. The van der Waals surface area contributed by atoms with Crippen LogP contribution in [0.15, 0.2) is 48.5 Å². The Hall–Kier alpha value is -2.83. The van der Waals surface area contributed by atoms with Crippen LogP contribution in [-0.2, 0) is 19.1 Å². The van der Waals surface area contributed by atoms with E-state index in [9.17, 15) is 18.0 Å². The number of rotatable bonds is 6. The van der Waals surface area contributed by atoms with E-state index in [0.717, 1.165) is 42.0 Å². The summed E-state index contributed by atoms with van der Waals surface area (Å²) in [6.45, 7) is 3.28. The van der Waals surface area contributed by atoms with Gasteiger partial charge in [-0.15, -0.1) is 0 Å². The summed E-state index contributed by atoms with van der Waals surface area (Å²) in [5.41, 5.74) is 1.40. The van der Waals surface area contributed by atoms with Crippen molar-refractivity contribution in [2.75, 3.05) is 6.54 Å². The molecule has 0 aliphatic carbocycles. The van der Waals surface area contributed by atoms with Crippen LogP contribution in [0.1, 0.15) is 35.1 Å². The van der Waals surface area contributed by atoms with Crippen LogP contribution in [0.25, 0.3) is 11.0 Å². The van der Waals surface area contributed by atoms with Crippen LogP contribution in [0.2, 0.25) is 0 Å². The van der Waals surface area contributed by atoms with Crippen molar-refractivity contribution in [3.05, 3.63) is 65.5 Å². The normalized spacial score (nSPS) is 11.7. The van der Waals surface area contributed by atoms with Gasteiger partial charge in [-0.05, 0) is 42.8 Å². The van der Waals surface area contributed by atoms with Gasteiger partial charge in [-0.25, -0.2) is 4.98 Å². The van der Waals surface area contributed by atoms with E-state index in [1.165, 1.54) is 12.1 Å². The van der Waals surface area contributed by atoms with Gasteiger partial charge in [-0.1, -0.05) is 19.1 Å². The van der Waals surface area contributed by atoms with E-state index in [1.807, 2.05) is 24.3 Å². The zero-order valence-electron chi connectivity index (χ0n) is 14.9. The molecule has 1 N–H and O–H groups in total. The molecule has 0 spiro atoms. The summed E-state index contributed by atoms with van der Waals surface area (Å²) in [5.74, 6) is 0.479. The molecule has 0 atom stereocenters. The number of amides is 1. The van der Waals surface area contributed by atoms with Gasteiger partial charge in [0.2, 0.25) is 0 Å². The van der Waals surface area contributed by atoms with Crippen molar-refractivity contribution in [3.63, 3.8) is 0 Å². The van der Waals surface area contributed by atoms with Crippen LogP contribution in [-0.4, -0.2) is 22.0 Å². The Kier molecular flexibility index (Phi) is 5.48. The van der Waals surface area contributed by atoms with Crippen molar-refractivity contribution < 1.29 is 18.0 Å². The molecule has 0 fully saturated rings. The van der Waals surface area contributed by atoms with Crippen molar-refractivity contribution in [2.45, 2.75) is 32.5 Å². The molecule has 0 saturated carbocycles. The Balaban J connectivity index is 1.65. The fourth-order valence-corrected chi connectivity index (χ4v) is 2.99. The first-order chi connectivity index (χ1) is 12.9. The van der Waals surface area contributed by atoms with Crippen molar-refractivity contribution in [3.8, 4) is 0 Å². The molecule has 0 bridgehead atoms. The quantitative estimate of drug-likeness (QED) is 0.693. The molecule has 0 saturated heterocycles. The van der Waals surface area contributed by atoms with Crippen LogP contribution in [0, 0.1) is 0 Å². The second-order valence-electron chi connectivity index (χ2n) is 6.25. The van der Waals surface area contributed by atoms with Crippen molar-refractivity contribution in [1.82, 2.24) is 14.9 Å². The molecule has 142 valence electrons. The minimum atomic E-state index is -4.41. The monoisotopic (exact) mass is 375 g/mol.